The summed E-state index contributed by atoms with van der Waals surface area (Å²) in [6, 6.07) is 8.28. The molecule has 0 saturated carbocycles. The van der Waals surface area contributed by atoms with Crippen molar-refractivity contribution in [2.75, 3.05) is 16.8 Å². The SMILES string of the molecule is CCSCCC(C)Nc1nc(Cl)nc2ccccc12. The van der Waals surface area contributed by atoms with Crippen molar-refractivity contribution in [2.24, 2.45) is 0 Å². The van der Waals surface area contributed by atoms with E-state index in [2.05, 4.69) is 29.1 Å². The second-order valence-corrected chi connectivity index (χ2v) is 6.12. The molecule has 0 aliphatic carbocycles. The standard InChI is InChI=1S/C14H18ClN3S/c1-3-19-9-8-10(2)16-13-11-6-4-5-7-12(11)17-14(15)18-13/h4-7,10H,3,8-9H2,1-2H3,(H,16,17,18). The van der Waals surface area contributed by atoms with Gasteiger partial charge >= 0.3 is 0 Å². The van der Waals surface area contributed by atoms with Crippen molar-refractivity contribution in [1.82, 2.24) is 9.97 Å². The summed E-state index contributed by atoms with van der Waals surface area (Å²) in [6.45, 7) is 4.35. The Morgan fingerprint density at radius 3 is 2.89 bits per heavy atom. The van der Waals surface area contributed by atoms with Crippen LogP contribution in [0, 0.1) is 0 Å². The Labute approximate surface area is 123 Å². The highest BCUT2D eigenvalue weighted by Gasteiger charge is 2.09. The van der Waals surface area contributed by atoms with Gasteiger partial charge in [0.15, 0.2) is 0 Å². The van der Waals surface area contributed by atoms with Crippen LogP contribution < -0.4 is 5.32 Å². The smallest absolute Gasteiger partial charge is 0.224 e. The third-order valence-electron chi connectivity index (χ3n) is 2.86. The first-order valence-corrected chi connectivity index (χ1v) is 8.00. The number of benzene rings is 1. The highest BCUT2D eigenvalue weighted by molar-refractivity contribution is 7.99. The molecule has 1 unspecified atom stereocenters. The average Bonchev–Trinajstić information content (AvgIpc) is 2.39. The molecular formula is C14H18ClN3S. The molecule has 0 fully saturated rings. The molecule has 0 bridgehead atoms. The first-order chi connectivity index (χ1) is 9.20. The number of halogens is 1. The first-order valence-electron chi connectivity index (χ1n) is 6.47. The minimum Gasteiger partial charge on any atom is -0.367 e. The van der Waals surface area contributed by atoms with E-state index in [1.807, 2.05) is 36.0 Å². The molecule has 3 nitrogen and oxygen atoms in total. The van der Waals surface area contributed by atoms with E-state index in [0.717, 1.165) is 34.6 Å². The van der Waals surface area contributed by atoms with Crippen LogP contribution >= 0.6 is 23.4 Å². The van der Waals surface area contributed by atoms with Gasteiger partial charge in [0.25, 0.3) is 0 Å². The molecule has 1 heterocycles. The van der Waals surface area contributed by atoms with Gasteiger partial charge in [-0.15, -0.1) is 0 Å². The lowest BCUT2D eigenvalue weighted by molar-refractivity contribution is 0.767. The van der Waals surface area contributed by atoms with Gasteiger partial charge in [0.1, 0.15) is 5.82 Å². The van der Waals surface area contributed by atoms with Gasteiger partial charge < -0.3 is 5.32 Å². The Balaban J connectivity index is 2.15. The maximum atomic E-state index is 5.97. The molecule has 5 heteroatoms. The number of para-hydroxylation sites is 1. The topological polar surface area (TPSA) is 37.8 Å². The summed E-state index contributed by atoms with van der Waals surface area (Å²) >= 11 is 7.92. The minimum atomic E-state index is 0.288. The summed E-state index contributed by atoms with van der Waals surface area (Å²) in [5, 5.41) is 4.74. The number of aromatic nitrogens is 2. The zero-order valence-corrected chi connectivity index (χ0v) is 12.8. The van der Waals surface area contributed by atoms with Crippen LogP contribution in [0.25, 0.3) is 10.9 Å². The second kappa shape index (κ2) is 6.96. The summed E-state index contributed by atoms with van der Waals surface area (Å²) in [5.74, 6) is 3.14. The summed E-state index contributed by atoms with van der Waals surface area (Å²) in [5.41, 5.74) is 0.875. The largest absolute Gasteiger partial charge is 0.367 e. The third kappa shape index (κ3) is 3.98. The van der Waals surface area contributed by atoms with Crippen LogP contribution in [0.5, 0.6) is 0 Å². The molecule has 1 aromatic heterocycles. The number of anilines is 1. The fourth-order valence-electron chi connectivity index (χ4n) is 1.87. The van der Waals surface area contributed by atoms with E-state index < -0.39 is 0 Å². The molecule has 0 aliphatic heterocycles. The predicted molar refractivity (Wildman–Crippen MR) is 85.2 cm³/mol. The number of hydrogen-bond donors (Lipinski definition) is 1. The molecule has 1 N–H and O–H groups in total. The number of rotatable bonds is 6. The van der Waals surface area contributed by atoms with Crippen LogP contribution in [0.1, 0.15) is 20.3 Å². The number of nitrogens with zero attached hydrogens (tertiary/aromatic N) is 2. The summed E-state index contributed by atoms with van der Waals surface area (Å²) < 4.78 is 0. The van der Waals surface area contributed by atoms with Gasteiger partial charge in [-0.25, -0.2) is 9.97 Å². The molecular weight excluding hydrogens is 278 g/mol. The maximum Gasteiger partial charge on any atom is 0.224 e. The number of nitrogens with one attached hydrogen (secondary N) is 1. The fourth-order valence-corrected chi connectivity index (χ4v) is 2.85. The monoisotopic (exact) mass is 295 g/mol. The molecule has 1 atom stereocenters. The minimum absolute atomic E-state index is 0.288. The van der Waals surface area contributed by atoms with Gasteiger partial charge in [-0.2, -0.15) is 11.8 Å². The van der Waals surface area contributed by atoms with Crippen molar-refractivity contribution >= 4 is 40.1 Å². The molecule has 0 radical (unpaired) electrons. The Morgan fingerprint density at radius 2 is 2.11 bits per heavy atom. The maximum absolute atomic E-state index is 5.97. The van der Waals surface area contributed by atoms with E-state index in [0.29, 0.717) is 6.04 Å². The quantitative estimate of drug-likeness (QED) is 0.639. The zero-order valence-electron chi connectivity index (χ0n) is 11.2. The lowest BCUT2D eigenvalue weighted by atomic mass is 10.2. The van der Waals surface area contributed by atoms with Gasteiger partial charge in [-0.1, -0.05) is 19.1 Å². The first kappa shape index (κ1) is 14.4. The predicted octanol–water partition coefficient (Wildman–Crippen LogP) is 4.23. The number of thioether (sulfide) groups is 1. The number of fused-ring (bicyclic) bond motifs is 1. The zero-order chi connectivity index (χ0) is 13.7. The van der Waals surface area contributed by atoms with Crippen molar-refractivity contribution in [3.8, 4) is 0 Å². The van der Waals surface area contributed by atoms with Crippen molar-refractivity contribution in [3.63, 3.8) is 0 Å². The van der Waals surface area contributed by atoms with E-state index in [1.165, 1.54) is 0 Å². The molecule has 2 rings (SSSR count). The van der Waals surface area contributed by atoms with Crippen molar-refractivity contribution in [2.45, 2.75) is 26.3 Å². The van der Waals surface area contributed by atoms with Gasteiger partial charge in [0, 0.05) is 11.4 Å². The second-order valence-electron chi connectivity index (χ2n) is 4.39. The molecule has 0 spiro atoms. The Bertz CT molecular complexity index is 547. The van der Waals surface area contributed by atoms with Crippen molar-refractivity contribution in [1.29, 1.82) is 0 Å². The summed E-state index contributed by atoms with van der Waals surface area (Å²) in [6.07, 6.45) is 1.11. The van der Waals surface area contributed by atoms with Crippen LogP contribution in [0.4, 0.5) is 5.82 Å². The molecule has 0 aliphatic rings. The highest BCUT2D eigenvalue weighted by Crippen LogP contribution is 2.22. The van der Waals surface area contributed by atoms with E-state index in [4.69, 9.17) is 11.6 Å². The summed E-state index contributed by atoms with van der Waals surface area (Å²) in [4.78, 5) is 8.54. The lowest BCUT2D eigenvalue weighted by Gasteiger charge is -2.15. The Morgan fingerprint density at radius 1 is 1.32 bits per heavy atom. The molecule has 102 valence electrons. The van der Waals surface area contributed by atoms with Crippen LogP contribution in [0.15, 0.2) is 24.3 Å². The molecule has 0 amide bonds. The van der Waals surface area contributed by atoms with Crippen LogP contribution in [0.3, 0.4) is 0 Å². The van der Waals surface area contributed by atoms with E-state index in [1.54, 1.807) is 0 Å². The van der Waals surface area contributed by atoms with E-state index in [-0.39, 0.29) is 5.28 Å². The highest BCUT2D eigenvalue weighted by atomic mass is 35.5. The van der Waals surface area contributed by atoms with Crippen molar-refractivity contribution in [3.05, 3.63) is 29.5 Å². The number of hydrogen-bond acceptors (Lipinski definition) is 4. The fraction of sp³-hybridized carbons (Fsp3) is 0.429. The van der Waals surface area contributed by atoms with Crippen LogP contribution in [0.2, 0.25) is 5.28 Å². The van der Waals surface area contributed by atoms with Crippen LogP contribution in [-0.4, -0.2) is 27.5 Å². The van der Waals surface area contributed by atoms with Gasteiger partial charge in [-0.3, -0.25) is 0 Å². The molecule has 2 aromatic rings. The molecule has 1 aromatic carbocycles. The Kier molecular flexibility index (Phi) is 5.28. The van der Waals surface area contributed by atoms with Gasteiger partial charge in [-0.05, 0) is 48.6 Å². The van der Waals surface area contributed by atoms with Crippen LogP contribution in [-0.2, 0) is 0 Å². The molecule has 0 saturated heterocycles. The average molecular weight is 296 g/mol. The molecule has 19 heavy (non-hydrogen) atoms. The van der Waals surface area contributed by atoms with E-state index >= 15 is 0 Å². The normalized spacial score (nSPS) is 12.6. The Hall–Kier alpha value is -1.00. The van der Waals surface area contributed by atoms with E-state index in [9.17, 15) is 0 Å². The van der Waals surface area contributed by atoms with Gasteiger partial charge in [0.2, 0.25) is 5.28 Å². The van der Waals surface area contributed by atoms with Crippen molar-refractivity contribution < 1.29 is 0 Å². The lowest BCUT2D eigenvalue weighted by Crippen LogP contribution is -2.17. The summed E-state index contributed by atoms with van der Waals surface area (Å²) in [7, 11) is 0. The third-order valence-corrected chi connectivity index (χ3v) is 3.96. The van der Waals surface area contributed by atoms with Gasteiger partial charge in [0.05, 0.1) is 5.52 Å².